The summed E-state index contributed by atoms with van der Waals surface area (Å²) in [6.07, 6.45) is 10.7. The highest BCUT2D eigenvalue weighted by molar-refractivity contribution is 4.98. The van der Waals surface area contributed by atoms with Gasteiger partial charge in [-0.1, -0.05) is 19.3 Å². The van der Waals surface area contributed by atoms with Gasteiger partial charge in [0.25, 0.3) is 0 Å². The number of aliphatic hydroxyl groups is 1. The molecule has 17 heavy (non-hydrogen) atoms. The van der Waals surface area contributed by atoms with Gasteiger partial charge in [-0.15, -0.1) is 11.8 Å². The second kappa shape index (κ2) is 9.50. The summed E-state index contributed by atoms with van der Waals surface area (Å²) in [6, 6.07) is 0. The highest BCUT2D eigenvalue weighted by Crippen LogP contribution is 2.17. The molecular weight excluding hydrogens is 212 g/mol. The Hall–Kier alpha value is -0.520. The van der Waals surface area contributed by atoms with Crippen LogP contribution in [0.25, 0.3) is 0 Å². The fourth-order valence-corrected chi connectivity index (χ4v) is 1.84. The Morgan fingerprint density at radius 3 is 2.41 bits per heavy atom. The van der Waals surface area contributed by atoms with E-state index in [1.165, 1.54) is 32.1 Å². The van der Waals surface area contributed by atoms with E-state index in [0.717, 1.165) is 32.3 Å². The van der Waals surface area contributed by atoms with Crippen LogP contribution in [0.15, 0.2) is 0 Å². The monoisotopic (exact) mass is 238 g/mol. The first kappa shape index (κ1) is 14.5. The van der Waals surface area contributed by atoms with E-state index >= 15 is 0 Å². The fourth-order valence-electron chi connectivity index (χ4n) is 1.84. The first-order valence-corrected chi connectivity index (χ1v) is 7.04. The molecule has 0 amide bonds. The highest BCUT2D eigenvalue weighted by Gasteiger charge is 2.20. The van der Waals surface area contributed by atoms with E-state index in [4.69, 9.17) is 9.84 Å². The second-order valence-electron chi connectivity index (χ2n) is 5.00. The first-order chi connectivity index (χ1) is 8.29. The third-order valence-corrected chi connectivity index (χ3v) is 3.03. The summed E-state index contributed by atoms with van der Waals surface area (Å²) in [5.74, 6) is 6.39. The number of aliphatic hydroxyl groups excluding tert-OH is 1. The number of unbranched alkanes of at least 4 members (excludes halogenated alkanes) is 5. The number of ether oxygens (including phenoxy) is 1. The van der Waals surface area contributed by atoms with Crippen LogP contribution in [-0.2, 0) is 4.74 Å². The normalized spacial score (nSPS) is 19.5. The third kappa shape index (κ3) is 10.4. The minimum absolute atomic E-state index is 0.174. The maximum absolute atomic E-state index is 9.06. The third-order valence-electron chi connectivity index (χ3n) is 3.03. The zero-order chi connectivity index (χ0) is 12.3. The van der Waals surface area contributed by atoms with E-state index in [9.17, 15) is 0 Å². The largest absolute Gasteiger partial charge is 0.393 e. The Bertz CT molecular complexity index is 233. The molecule has 1 aliphatic rings. The summed E-state index contributed by atoms with van der Waals surface area (Å²) in [5.41, 5.74) is 0. The van der Waals surface area contributed by atoms with Crippen molar-refractivity contribution < 1.29 is 9.84 Å². The van der Waals surface area contributed by atoms with Gasteiger partial charge in [0.1, 0.15) is 0 Å². The van der Waals surface area contributed by atoms with Crippen molar-refractivity contribution in [2.24, 2.45) is 0 Å². The Morgan fingerprint density at radius 2 is 1.76 bits per heavy atom. The van der Waals surface area contributed by atoms with E-state index in [0.29, 0.717) is 6.10 Å². The van der Waals surface area contributed by atoms with Crippen molar-refractivity contribution >= 4 is 0 Å². The Kier molecular flexibility index (Phi) is 8.13. The predicted octanol–water partition coefficient (Wildman–Crippen LogP) is 3.28. The molecule has 1 heterocycles. The van der Waals surface area contributed by atoms with Gasteiger partial charge in [0.05, 0.1) is 18.8 Å². The molecular formula is C15H26O2. The van der Waals surface area contributed by atoms with Gasteiger partial charge in [0.2, 0.25) is 0 Å². The minimum atomic E-state index is -0.174. The zero-order valence-corrected chi connectivity index (χ0v) is 11.1. The Labute approximate surface area is 106 Å². The molecule has 0 aromatic carbocycles. The second-order valence-corrected chi connectivity index (χ2v) is 5.00. The van der Waals surface area contributed by atoms with Gasteiger partial charge >= 0.3 is 0 Å². The molecule has 0 bridgehead atoms. The molecule has 1 fully saturated rings. The lowest BCUT2D eigenvalue weighted by molar-refractivity contribution is 0.182. The van der Waals surface area contributed by atoms with Gasteiger partial charge in [-0.25, -0.2) is 0 Å². The van der Waals surface area contributed by atoms with E-state index in [2.05, 4.69) is 11.8 Å². The average Bonchev–Trinajstić information content (AvgIpc) is 3.09. The summed E-state index contributed by atoms with van der Waals surface area (Å²) >= 11 is 0. The molecule has 1 aliphatic heterocycles. The number of hydrogen-bond acceptors (Lipinski definition) is 2. The van der Waals surface area contributed by atoms with Gasteiger partial charge < -0.3 is 9.84 Å². The first-order valence-electron chi connectivity index (χ1n) is 7.04. The van der Waals surface area contributed by atoms with Crippen LogP contribution in [0.3, 0.4) is 0 Å². The number of hydrogen-bond donors (Lipinski definition) is 1. The molecule has 2 heteroatoms. The lowest BCUT2D eigenvalue weighted by atomic mass is 10.1. The van der Waals surface area contributed by atoms with Crippen LogP contribution in [0.2, 0.25) is 0 Å². The quantitative estimate of drug-likeness (QED) is 0.380. The molecule has 0 saturated carbocycles. The molecule has 0 aromatic heterocycles. The molecule has 1 saturated heterocycles. The summed E-state index contributed by atoms with van der Waals surface area (Å²) < 4.78 is 5.17. The molecule has 1 rings (SSSR count). The van der Waals surface area contributed by atoms with Crippen LogP contribution in [0, 0.1) is 11.8 Å². The highest BCUT2D eigenvalue weighted by atomic mass is 16.6. The molecule has 0 spiro atoms. The molecule has 2 nitrogen and oxygen atoms in total. The van der Waals surface area contributed by atoms with Gasteiger partial charge in [0.15, 0.2) is 0 Å². The van der Waals surface area contributed by atoms with Crippen molar-refractivity contribution in [2.45, 2.75) is 76.9 Å². The van der Waals surface area contributed by atoms with Crippen molar-refractivity contribution in [3.63, 3.8) is 0 Å². The van der Waals surface area contributed by atoms with E-state index in [1.807, 2.05) is 6.92 Å². The molecule has 0 aliphatic carbocycles. The maximum Gasteiger partial charge on any atom is 0.0810 e. The summed E-state index contributed by atoms with van der Waals surface area (Å²) in [4.78, 5) is 0. The molecule has 2 unspecified atom stereocenters. The van der Waals surface area contributed by atoms with Crippen LogP contribution in [0.4, 0.5) is 0 Å². The minimum Gasteiger partial charge on any atom is -0.393 e. The van der Waals surface area contributed by atoms with Crippen molar-refractivity contribution in [1.29, 1.82) is 0 Å². The van der Waals surface area contributed by atoms with Crippen molar-refractivity contribution in [1.82, 2.24) is 0 Å². The average molecular weight is 238 g/mol. The van der Waals surface area contributed by atoms with Crippen LogP contribution >= 0.6 is 0 Å². The van der Waals surface area contributed by atoms with Crippen LogP contribution in [0.1, 0.15) is 64.7 Å². The van der Waals surface area contributed by atoms with Gasteiger partial charge in [-0.2, -0.15) is 0 Å². The molecule has 1 N–H and O–H groups in total. The molecule has 2 atom stereocenters. The van der Waals surface area contributed by atoms with Crippen molar-refractivity contribution in [2.75, 3.05) is 6.61 Å². The standard InChI is InChI=1S/C15H26O2/c1-14(16)11-9-7-5-3-2-4-6-8-10-12-15-13-17-15/h14-16H,2,4,6-13H2,1H3. The fraction of sp³-hybridized carbons (Fsp3) is 0.867. The van der Waals surface area contributed by atoms with Gasteiger partial charge in [-0.3, -0.25) is 0 Å². The maximum atomic E-state index is 9.06. The topological polar surface area (TPSA) is 32.8 Å². The zero-order valence-electron chi connectivity index (χ0n) is 11.1. The van der Waals surface area contributed by atoms with E-state index < -0.39 is 0 Å². The Morgan fingerprint density at radius 1 is 1.12 bits per heavy atom. The molecule has 0 radical (unpaired) electrons. The number of rotatable bonds is 9. The van der Waals surface area contributed by atoms with Crippen LogP contribution < -0.4 is 0 Å². The van der Waals surface area contributed by atoms with E-state index in [1.54, 1.807) is 0 Å². The summed E-state index contributed by atoms with van der Waals surface area (Å²) in [5, 5.41) is 9.06. The van der Waals surface area contributed by atoms with Crippen LogP contribution in [0.5, 0.6) is 0 Å². The van der Waals surface area contributed by atoms with Crippen molar-refractivity contribution in [3.05, 3.63) is 0 Å². The number of epoxide rings is 1. The smallest absolute Gasteiger partial charge is 0.0810 e. The summed E-state index contributed by atoms with van der Waals surface area (Å²) in [6.45, 7) is 2.83. The Balaban J connectivity index is 1.74. The van der Waals surface area contributed by atoms with Crippen LogP contribution in [-0.4, -0.2) is 23.9 Å². The van der Waals surface area contributed by atoms with Gasteiger partial charge in [0, 0.05) is 12.8 Å². The van der Waals surface area contributed by atoms with Crippen molar-refractivity contribution in [3.8, 4) is 11.8 Å². The summed E-state index contributed by atoms with van der Waals surface area (Å²) in [7, 11) is 0. The molecule has 98 valence electrons. The van der Waals surface area contributed by atoms with Gasteiger partial charge in [-0.05, 0) is 32.6 Å². The lowest BCUT2D eigenvalue weighted by Gasteiger charge is -1.99. The van der Waals surface area contributed by atoms with E-state index in [-0.39, 0.29) is 6.10 Å². The lowest BCUT2D eigenvalue weighted by Crippen LogP contribution is -1.97. The SMILES string of the molecule is CC(O)CCCC#CCCCCCCC1CO1. The predicted molar refractivity (Wildman–Crippen MR) is 70.7 cm³/mol. The molecule has 0 aromatic rings.